The maximum absolute atomic E-state index is 12.3. The summed E-state index contributed by atoms with van der Waals surface area (Å²) in [4.78, 5) is 16.3. The summed E-state index contributed by atoms with van der Waals surface area (Å²) in [5.41, 5.74) is 0.586. The molecule has 1 fully saturated rings. The fraction of sp³-hybridized carbons (Fsp3) is 0.471. The highest BCUT2D eigenvalue weighted by Gasteiger charge is 2.23. The Balaban J connectivity index is 1.52. The Morgan fingerprint density at radius 1 is 1.42 bits per heavy atom. The molecule has 7 heteroatoms. The molecule has 1 aliphatic rings. The van der Waals surface area contributed by atoms with Crippen molar-refractivity contribution in [1.82, 2.24) is 15.5 Å². The summed E-state index contributed by atoms with van der Waals surface area (Å²) in [6, 6.07) is 6.96. The molecular formula is C17H21N3O4. The van der Waals surface area contributed by atoms with Crippen LogP contribution in [0.3, 0.4) is 0 Å². The SMILES string of the molecule is Cc1nc(COc2ccc(C(=O)N[C@H](C)[C@@H]3CCCO3)cc2)no1. The van der Waals surface area contributed by atoms with Gasteiger partial charge in [-0.15, -0.1) is 0 Å². The first-order valence-electron chi connectivity index (χ1n) is 8.06. The van der Waals surface area contributed by atoms with Crippen LogP contribution in [0.5, 0.6) is 5.75 Å². The fourth-order valence-corrected chi connectivity index (χ4v) is 2.63. The Labute approximate surface area is 140 Å². The average Bonchev–Trinajstić information content (AvgIpc) is 3.25. The molecule has 0 aliphatic carbocycles. The van der Waals surface area contributed by atoms with Gasteiger partial charge in [0.05, 0.1) is 12.1 Å². The van der Waals surface area contributed by atoms with Gasteiger partial charge in [-0.3, -0.25) is 4.79 Å². The molecule has 1 N–H and O–H groups in total. The summed E-state index contributed by atoms with van der Waals surface area (Å²) in [5, 5.41) is 6.74. The zero-order valence-electron chi connectivity index (χ0n) is 13.8. The van der Waals surface area contributed by atoms with Gasteiger partial charge in [0.25, 0.3) is 5.91 Å². The van der Waals surface area contributed by atoms with Gasteiger partial charge in [0.2, 0.25) is 11.7 Å². The Bertz CT molecular complexity index is 677. The van der Waals surface area contributed by atoms with E-state index in [1.54, 1.807) is 31.2 Å². The van der Waals surface area contributed by atoms with E-state index in [-0.39, 0.29) is 24.7 Å². The minimum atomic E-state index is -0.113. The van der Waals surface area contributed by atoms with E-state index < -0.39 is 0 Å². The summed E-state index contributed by atoms with van der Waals surface area (Å²) in [6.07, 6.45) is 2.15. The van der Waals surface area contributed by atoms with Crippen molar-refractivity contribution in [3.05, 3.63) is 41.5 Å². The zero-order chi connectivity index (χ0) is 16.9. The monoisotopic (exact) mass is 331 g/mol. The lowest BCUT2D eigenvalue weighted by Gasteiger charge is -2.20. The van der Waals surface area contributed by atoms with Crippen LogP contribution in [0, 0.1) is 6.92 Å². The number of nitrogens with one attached hydrogen (secondary N) is 1. The van der Waals surface area contributed by atoms with Gasteiger partial charge in [-0.2, -0.15) is 4.98 Å². The number of amides is 1. The van der Waals surface area contributed by atoms with E-state index >= 15 is 0 Å². The van der Waals surface area contributed by atoms with E-state index in [4.69, 9.17) is 14.0 Å². The van der Waals surface area contributed by atoms with E-state index in [1.165, 1.54) is 0 Å². The number of rotatable bonds is 6. The van der Waals surface area contributed by atoms with Gasteiger partial charge in [-0.25, -0.2) is 0 Å². The highest BCUT2D eigenvalue weighted by atomic mass is 16.5. The highest BCUT2D eigenvalue weighted by Crippen LogP contribution is 2.17. The Hall–Kier alpha value is -2.41. The number of hydrogen-bond acceptors (Lipinski definition) is 6. The van der Waals surface area contributed by atoms with Gasteiger partial charge in [-0.05, 0) is 44.0 Å². The third-order valence-corrected chi connectivity index (χ3v) is 3.94. The van der Waals surface area contributed by atoms with Crippen LogP contribution in [0.15, 0.2) is 28.8 Å². The number of nitrogens with zero attached hydrogens (tertiary/aromatic N) is 2. The van der Waals surface area contributed by atoms with Gasteiger partial charge >= 0.3 is 0 Å². The van der Waals surface area contributed by atoms with Gasteiger partial charge in [0.15, 0.2) is 6.61 Å². The van der Waals surface area contributed by atoms with Crippen LogP contribution in [0.25, 0.3) is 0 Å². The van der Waals surface area contributed by atoms with E-state index in [0.29, 0.717) is 23.0 Å². The lowest BCUT2D eigenvalue weighted by Crippen LogP contribution is -2.40. The van der Waals surface area contributed by atoms with Crippen LogP contribution in [0.1, 0.15) is 41.8 Å². The molecule has 1 saturated heterocycles. The van der Waals surface area contributed by atoms with Crippen LogP contribution < -0.4 is 10.1 Å². The normalized spacial score (nSPS) is 18.3. The number of carbonyl (C=O) groups is 1. The molecule has 3 rings (SSSR count). The van der Waals surface area contributed by atoms with Crippen molar-refractivity contribution in [2.24, 2.45) is 0 Å². The summed E-state index contributed by atoms with van der Waals surface area (Å²) >= 11 is 0. The molecule has 7 nitrogen and oxygen atoms in total. The Kier molecular flexibility index (Phi) is 5.10. The van der Waals surface area contributed by atoms with Gasteiger partial charge in [-0.1, -0.05) is 5.16 Å². The highest BCUT2D eigenvalue weighted by molar-refractivity contribution is 5.94. The molecule has 0 saturated carbocycles. The van der Waals surface area contributed by atoms with E-state index in [9.17, 15) is 4.79 Å². The first-order valence-corrected chi connectivity index (χ1v) is 8.06. The number of aryl methyl sites for hydroxylation is 1. The second kappa shape index (κ2) is 7.44. The number of hydrogen-bond donors (Lipinski definition) is 1. The molecule has 24 heavy (non-hydrogen) atoms. The van der Waals surface area contributed by atoms with Crippen LogP contribution in [0.2, 0.25) is 0 Å². The van der Waals surface area contributed by atoms with Crippen molar-refractivity contribution >= 4 is 5.91 Å². The van der Waals surface area contributed by atoms with Gasteiger partial charge < -0.3 is 19.3 Å². The molecule has 0 unspecified atom stereocenters. The third-order valence-electron chi connectivity index (χ3n) is 3.94. The number of ether oxygens (including phenoxy) is 2. The van der Waals surface area contributed by atoms with Crippen LogP contribution >= 0.6 is 0 Å². The van der Waals surface area contributed by atoms with Crippen molar-refractivity contribution in [2.45, 2.75) is 45.4 Å². The van der Waals surface area contributed by atoms with Crippen molar-refractivity contribution < 1.29 is 18.8 Å². The lowest BCUT2D eigenvalue weighted by molar-refractivity contribution is 0.0712. The van der Waals surface area contributed by atoms with Crippen molar-refractivity contribution in [2.75, 3.05) is 6.61 Å². The minimum Gasteiger partial charge on any atom is -0.485 e. The lowest BCUT2D eigenvalue weighted by atomic mass is 10.1. The Morgan fingerprint density at radius 2 is 2.21 bits per heavy atom. The predicted octanol–water partition coefficient (Wildman–Crippen LogP) is 2.25. The van der Waals surface area contributed by atoms with E-state index in [0.717, 1.165) is 19.4 Å². The first kappa shape index (κ1) is 16.4. The number of benzene rings is 1. The molecule has 1 aromatic carbocycles. The third kappa shape index (κ3) is 4.11. The molecule has 0 radical (unpaired) electrons. The molecule has 1 aromatic heterocycles. The number of carbonyl (C=O) groups excluding carboxylic acids is 1. The molecule has 2 atom stereocenters. The molecular weight excluding hydrogens is 310 g/mol. The van der Waals surface area contributed by atoms with Crippen molar-refractivity contribution in [3.63, 3.8) is 0 Å². The van der Waals surface area contributed by atoms with Crippen molar-refractivity contribution in [3.8, 4) is 5.75 Å². The van der Waals surface area contributed by atoms with Gasteiger partial charge in [0.1, 0.15) is 5.75 Å². The molecule has 1 aliphatic heterocycles. The average molecular weight is 331 g/mol. The van der Waals surface area contributed by atoms with Crippen LogP contribution in [0.4, 0.5) is 0 Å². The zero-order valence-corrected chi connectivity index (χ0v) is 13.8. The van der Waals surface area contributed by atoms with Crippen molar-refractivity contribution in [1.29, 1.82) is 0 Å². The summed E-state index contributed by atoms with van der Waals surface area (Å²) < 4.78 is 16.0. The van der Waals surface area contributed by atoms with Crippen LogP contribution in [-0.4, -0.2) is 34.8 Å². The topological polar surface area (TPSA) is 86.5 Å². The molecule has 128 valence electrons. The summed E-state index contributed by atoms with van der Waals surface area (Å²) in [7, 11) is 0. The molecule has 1 amide bonds. The summed E-state index contributed by atoms with van der Waals surface area (Å²) in [6.45, 7) is 4.69. The standard InChI is InChI=1S/C17H21N3O4/c1-11(15-4-3-9-22-15)18-17(21)13-5-7-14(8-6-13)23-10-16-19-12(2)24-20-16/h5-8,11,15H,3-4,9-10H2,1-2H3,(H,18,21)/t11-,15+/m1/s1. The molecule has 0 spiro atoms. The second-order valence-electron chi connectivity index (χ2n) is 5.86. The second-order valence-corrected chi connectivity index (χ2v) is 5.86. The number of aromatic nitrogens is 2. The molecule has 2 heterocycles. The van der Waals surface area contributed by atoms with Gasteiger partial charge in [0, 0.05) is 19.1 Å². The van der Waals surface area contributed by atoms with Crippen LogP contribution in [-0.2, 0) is 11.3 Å². The van der Waals surface area contributed by atoms with E-state index in [2.05, 4.69) is 15.5 Å². The minimum absolute atomic E-state index is 0.00240. The first-order chi connectivity index (χ1) is 11.6. The maximum Gasteiger partial charge on any atom is 0.251 e. The summed E-state index contributed by atoms with van der Waals surface area (Å²) in [5.74, 6) is 1.51. The Morgan fingerprint density at radius 3 is 2.83 bits per heavy atom. The maximum atomic E-state index is 12.3. The predicted molar refractivity (Wildman–Crippen MR) is 85.7 cm³/mol. The fourth-order valence-electron chi connectivity index (χ4n) is 2.63. The van der Waals surface area contributed by atoms with E-state index in [1.807, 2.05) is 6.92 Å². The largest absolute Gasteiger partial charge is 0.485 e. The molecule has 2 aromatic rings. The quantitative estimate of drug-likeness (QED) is 0.874. The molecule has 0 bridgehead atoms. The smallest absolute Gasteiger partial charge is 0.251 e.